The summed E-state index contributed by atoms with van der Waals surface area (Å²) in [4.78, 5) is 0. The summed E-state index contributed by atoms with van der Waals surface area (Å²) in [5.74, 6) is 6.70. The highest BCUT2D eigenvalue weighted by molar-refractivity contribution is 5.43. The van der Waals surface area contributed by atoms with Gasteiger partial charge in [0.2, 0.25) is 0 Å². The maximum atomic E-state index is 5.67. The Labute approximate surface area is 121 Å². The van der Waals surface area contributed by atoms with Gasteiger partial charge >= 0.3 is 0 Å². The maximum absolute atomic E-state index is 5.67. The van der Waals surface area contributed by atoms with Crippen LogP contribution in [-0.4, -0.2) is 40.1 Å². The first-order valence-electron chi connectivity index (χ1n) is 6.77. The van der Waals surface area contributed by atoms with E-state index in [-0.39, 0.29) is 0 Å². The van der Waals surface area contributed by atoms with Crippen LogP contribution < -0.4 is 10.5 Å². The molecule has 0 bridgehead atoms. The van der Waals surface area contributed by atoms with E-state index in [1.807, 2.05) is 25.1 Å². The second kappa shape index (κ2) is 10.3. The summed E-state index contributed by atoms with van der Waals surface area (Å²) < 4.78 is 16.0. The lowest BCUT2D eigenvalue weighted by Gasteiger charge is -2.09. The molecule has 4 nitrogen and oxygen atoms in total. The Balaban J connectivity index is 2.30. The molecule has 110 valence electrons. The Bertz CT molecular complexity index is 449. The zero-order chi connectivity index (χ0) is 14.6. The number of methoxy groups -OCH3 is 1. The molecule has 4 heteroatoms. The van der Waals surface area contributed by atoms with E-state index in [9.17, 15) is 0 Å². The SMILES string of the molecule is COCCCOCCOc1ccc(C#CCN)cc1C. The van der Waals surface area contributed by atoms with Gasteiger partial charge in [-0.15, -0.1) is 0 Å². The third-order valence-corrected chi connectivity index (χ3v) is 2.63. The van der Waals surface area contributed by atoms with Crippen molar-refractivity contribution in [3.05, 3.63) is 29.3 Å². The molecule has 0 aliphatic carbocycles. The van der Waals surface area contributed by atoms with Gasteiger partial charge < -0.3 is 19.9 Å². The van der Waals surface area contributed by atoms with Crippen LogP contribution in [0.3, 0.4) is 0 Å². The first-order chi connectivity index (χ1) is 9.77. The fraction of sp³-hybridized carbons (Fsp3) is 0.500. The molecule has 0 radical (unpaired) electrons. The molecule has 20 heavy (non-hydrogen) atoms. The summed E-state index contributed by atoms with van der Waals surface area (Å²) in [5, 5.41) is 0. The molecule has 0 amide bonds. The Hall–Kier alpha value is -1.54. The summed E-state index contributed by atoms with van der Waals surface area (Å²) in [5.41, 5.74) is 7.37. The van der Waals surface area contributed by atoms with Crippen molar-refractivity contribution in [1.82, 2.24) is 0 Å². The number of benzene rings is 1. The average molecular weight is 277 g/mol. The van der Waals surface area contributed by atoms with Crippen LogP contribution in [-0.2, 0) is 9.47 Å². The molecule has 0 aliphatic rings. The molecule has 1 aromatic carbocycles. The minimum absolute atomic E-state index is 0.373. The van der Waals surface area contributed by atoms with Crippen molar-refractivity contribution in [2.45, 2.75) is 13.3 Å². The highest BCUT2D eigenvalue weighted by Gasteiger charge is 2.00. The number of hydrogen-bond acceptors (Lipinski definition) is 4. The van der Waals surface area contributed by atoms with E-state index in [1.54, 1.807) is 7.11 Å². The Kier molecular flexibility index (Phi) is 8.48. The second-order valence-corrected chi connectivity index (χ2v) is 4.29. The summed E-state index contributed by atoms with van der Waals surface area (Å²) in [7, 11) is 1.69. The van der Waals surface area contributed by atoms with Gasteiger partial charge in [-0.2, -0.15) is 0 Å². The maximum Gasteiger partial charge on any atom is 0.122 e. The smallest absolute Gasteiger partial charge is 0.122 e. The Morgan fingerprint density at radius 1 is 1.15 bits per heavy atom. The van der Waals surface area contributed by atoms with Gasteiger partial charge in [0.25, 0.3) is 0 Å². The lowest BCUT2D eigenvalue weighted by Crippen LogP contribution is -2.09. The topological polar surface area (TPSA) is 53.7 Å². The molecule has 0 aliphatic heterocycles. The van der Waals surface area contributed by atoms with Crippen LogP contribution in [0.15, 0.2) is 18.2 Å². The average Bonchev–Trinajstić information content (AvgIpc) is 2.46. The molecule has 0 unspecified atom stereocenters. The molecule has 0 fully saturated rings. The van der Waals surface area contributed by atoms with Crippen molar-refractivity contribution < 1.29 is 14.2 Å². The number of nitrogens with two attached hydrogens (primary N) is 1. The van der Waals surface area contributed by atoms with Crippen LogP contribution in [0.4, 0.5) is 0 Å². The largest absolute Gasteiger partial charge is 0.491 e. The van der Waals surface area contributed by atoms with Gasteiger partial charge in [0.15, 0.2) is 0 Å². The first kappa shape index (κ1) is 16.5. The van der Waals surface area contributed by atoms with E-state index >= 15 is 0 Å². The third kappa shape index (κ3) is 6.58. The highest BCUT2D eigenvalue weighted by Crippen LogP contribution is 2.18. The lowest BCUT2D eigenvalue weighted by atomic mass is 10.1. The van der Waals surface area contributed by atoms with Crippen molar-refractivity contribution in [3.63, 3.8) is 0 Å². The molecule has 0 saturated carbocycles. The summed E-state index contributed by atoms with van der Waals surface area (Å²) in [6.07, 6.45) is 0.907. The fourth-order valence-electron chi connectivity index (χ4n) is 1.66. The van der Waals surface area contributed by atoms with Gasteiger partial charge in [-0.25, -0.2) is 0 Å². The molecule has 1 aromatic rings. The molecule has 0 atom stereocenters. The van der Waals surface area contributed by atoms with Crippen molar-refractivity contribution in [3.8, 4) is 17.6 Å². The zero-order valence-corrected chi connectivity index (χ0v) is 12.3. The van der Waals surface area contributed by atoms with Crippen molar-refractivity contribution in [1.29, 1.82) is 0 Å². The lowest BCUT2D eigenvalue weighted by molar-refractivity contribution is 0.0805. The molecule has 0 spiro atoms. The normalized spacial score (nSPS) is 9.95. The Morgan fingerprint density at radius 3 is 2.70 bits per heavy atom. The minimum Gasteiger partial charge on any atom is -0.491 e. The van der Waals surface area contributed by atoms with Crippen LogP contribution in [0.1, 0.15) is 17.5 Å². The summed E-state index contributed by atoms with van der Waals surface area (Å²) >= 11 is 0. The van der Waals surface area contributed by atoms with Crippen LogP contribution >= 0.6 is 0 Å². The van der Waals surface area contributed by atoms with E-state index in [2.05, 4.69) is 11.8 Å². The fourth-order valence-corrected chi connectivity index (χ4v) is 1.66. The second-order valence-electron chi connectivity index (χ2n) is 4.29. The monoisotopic (exact) mass is 277 g/mol. The molecule has 0 saturated heterocycles. The van der Waals surface area contributed by atoms with E-state index < -0.39 is 0 Å². The zero-order valence-electron chi connectivity index (χ0n) is 12.3. The minimum atomic E-state index is 0.373. The van der Waals surface area contributed by atoms with Gasteiger partial charge in [-0.1, -0.05) is 11.8 Å². The summed E-state index contributed by atoms with van der Waals surface area (Å²) in [6.45, 7) is 4.93. The predicted octanol–water partition coefficient (Wildman–Crippen LogP) is 1.74. The quantitative estimate of drug-likeness (QED) is 0.581. The van der Waals surface area contributed by atoms with Gasteiger partial charge in [-0.05, 0) is 37.1 Å². The van der Waals surface area contributed by atoms with Crippen molar-refractivity contribution >= 4 is 0 Å². The third-order valence-electron chi connectivity index (χ3n) is 2.63. The van der Waals surface area contributed by atoms with Crippen LogP contribution in [0.2, 0.25) is 0 Å². The molecule has 2 N–H and O–H groups in total. The van der Waals surface area contributed by atoms with E-state index in [0.29, 0.717) is 26.4 Å². The molecule has 1 rings (SSSR count). The molecule has 0 heterocycles. The van der Waals surface area contributed by atoms with E-state index in [4.69, 9.17) is 19.9 Å². The standard InChI is InChI=1S/C16H23NO3/c1-14-13-15(5-3-8-17)6-7-16(14)20-12-11-19-10-4-9-18-2/h6-7,13H,4,8-12,17H2,1-2H3. The van der Waals surface area contributed by atoms with Crippen molar-refractivity contribution in [2.75, 3.05) is 40.1 Å². The summed E-state index contributed by atoms with van der Waals surface area (Å²) in [6, 6.07) is 5.86. The van der Waals surface area contributed by atoms with Crippen molar-refractivity contribution in [2.24, 2.45) is 5.73 Å². The van der Waals surface area contributed by atoms with Gasteiger partial charge in [0.05, 0.1) is 13.2 Å². The number of ether oxygens (including phenoxy) is 3. The van der Waals surface area contributed by atoms with E-state index in [1.165, 1.54) is 0 Å². The van der Waals surface area contributed by atoms with Crippen LogP contribution in [0.25, 0.3) is 0 Å². The van der Waals surface area contributed by atoms with Gasteiger partial charge in [-0.3, -0.25) is 0 Å². The number of rotatable bonds is 8. The van der Waals surface area contributed by atoms with Gasteiger partial charge in [0, 0.05) is 25.9 Å². The molecule has 0 aromatic heterocycles. The highest BCUT2D eigenvalue weighted by atomic mass is 16.5. The number of hydrogen-bond donors (Lipinski definition) is 1. The van der Waals surface area contributed by atoms with E-state index in [0.717, 1.165) is 29.9 Å². The predicted molar refractivity (Wildman–Crippen MR) is 79.9 cm³/mol. The molecular formula is C16H23NO3. The number of aryl methyl sites for hydroxylation is 1. The Morgan fingerprint density at radius 2 is 2.00 bits per heavy atom. The van der Waals surface area contributed by atoms with Crippen LogP contribution in [0, 0.1) is 18.8 Å². The van der Waals surface area contributed by atoms with Gasteiger partial charge in [0.1, 0.15) is 12.4 Å². The first-order valence-corrected chi connectivity index (χ1v) is 6.77. The molecular weight excluding hydrogens is 254 g/mol. The van der Waals surface area contributed by atoms with Crippen LogP contribution in [0.5, 0.6) is 5.75 Å².